The standard InChI is InChI=1S/C9H15NO3/c1-6(9(12)13)10(2)8(11)7-4-3-5-7/h6-7H,3-5H2,1-2H3,(H,12,13). The second-order valence-corrected chi connectivity index (χ2v) is 3.59. The van der Waals surface area contributed by atoms with Crippen molar-refractivity contribution in [3.8, 4) is 0 Å². The minimum absolute atomic E-state index is 0.0267. The first-order valence-electron chi connectivity index (χ1n) is 4.53. The molecule has 0 saturated heterocycles. The molecule has 4 heteroatoms. The summed E-state index contributed by atoms with van der Waals surface area (Å²) in [6.07, 6.45) is 2.91. The van der Waals surface area contributed by atoms with Crippen LogP contribution in [0.5, 0.6) is 0 Å². The lowest BCUT2D eigenvalue weighted by molar-refractivity contribution is -0.151. The van der Waals surface area contributed by atoms with Crippen LogP contribution >= 0.6 is 0 Å². The molecule has 0 aromatic rings. The molecule has 74 valence electrons. The summed E-state index contributed by atoms with van der Waals surface area (Å²) in [5.74, 6) is -0.900. The van der Waals surface area contributed by atoms with Crippen LogP contribution in [0.2, 0.25) is 0 Å². The summed E-state index contributed by atoms with van der Waals surface area (Å²) in [5.41, 5.74) is 0. The Bertz CT molecular complexity index is 223. The number of aliphatic carboxylic acids is 1. The molecule has 1 N–H and O–H groups in total. The van der Waals surface area contributed by atoms with Crippen LogP contribution < -0.4 is 0 Å². The molecule has 13 heavy (non-hydrogen) atoms. The molecule has 1 unspecified atom stereocenters. The van der Waals surface area contributed by atoms with Crippen molar-refractivity contribution in [3.05, 3.63) is 0 Å². The first-order chi connectivity index (χ1) is 6.04. The molecule has 1 aliphatic rings. The number of likely N-dealkylation sites (N-methyl/N-ethyl adjacent to an activating group) is 1. The van der Waals surface area contributed by atoms with Gasteiger partial charge in [0, 0.05) is 13.0 Å². The number of carboxylic acids is 1. The van der Waals surface area contributed by atoms with Crippen molar-refractivity contribution in [2.24, 2.45) is 5.92 Å². The monoisotopic (exact) mass is 185 g/mol. The molecule has 1 rings (SSSR count). The van der Waals surface area contributed by atoms with Crippen LogP contribution in [0, 0.1) is 5.92 Å². The molecule has 0 aliphatic heterocycles. The van der Waals surface area contributed by atoms with E-state index < -0.39 is 12.0 Å². The Kier molecular flexibility index (Phi) is 2.90. The molecule has 1 atom stereocenters. The zero-order chi connectivity index (χ0) is 10.0. The third-order valence-corrected chi connectivity index (χ3v) is 2.74. The number of rotatable bonds is 3. The van der Waals surface area contributed by atoms with Crippen LogP contribution in [-0.2, 0) is 9.59 Å². The molecular weight excluding hydrogens is 170 g/mol. The molecule has 1 aliphatic carbocycles. The second-order valence-electron chi connectivity index (χ2n) is 3.59. The van der Waals surface area contributed by atoms with Crippen molar-refractivity contribution in [1.29, 1.82) is 0 Å². The summed E-state index contributed by atoms with van der Waals surface area (Å²) in [5, 5.41) is 8.68. The minimum atomic E-state index is -0.949. The van der Waals surface area contributed by atoms with Crippen LogP contribution in [0.25, 0.3) is 0 Å². The van der Waals surface area contributed by atoms with Crippen molar-refractivity contribution in [1.82, 2.24) is 4.90 Å². The van der Waals surface area contributed by atoms with Crippen LogP contribution in [0.3, 0.4) is 0 Å². The smallest absolute Gasteiger partial charge is 0.326 e. The van der Waals surface area contributed by atoms with Gasteiger partial charge in [0.25, 0.3) is 0 Å². The zero-order valence-corrected chi connectivity index (χ0v) is 7.99. The molecular formula is C9H15NO3. The Hall–Kier alpha value is -1.06. The van der Waals surface area contributed by atoms with Gasteiger partial charge in [-0.2, -0.15) is 0 Å². The van der Waals surface area contributed by atoms with Gasteiger partial charge < -0.3 is 10.0 Å². The summed E-state index contributed by atoms with van der Waals surface area (Å²) in [6.45, 7) is 1.53. The predicted molar refractivity (Wildman–Crippen MR) is 47.2 cm³/mol. The molecule has 1 amide bonds. The number of carboxylic acid groups (broad SMARTS) is 1. The number of amides is 1. The lowest BCUT2D eigenvalue weighted by Crippen LogP contribution is -2.44. The van der Waals surface area contributed by atoms with E-state index in [0.717, 1.165) is 19.3 Å². The van der Waals surface area contributed by atoms with Gasteiger partial charge in [0.15, 0.2) is 0 Å². The van der Waals surface area contributed by atoms with E-state index in [-0.39, 0.29) is 11.8 Å². The molecule has 0 aromatic heterocycles. The minimum Gasteiger partial charge on any atom is -0.480 e. The summed E-state index contributed by atoms with van der Waals surface area (Å²) in [7, 11) is 1.56. The number of carbonyl (C=O) groups is 2. The first-order valence-corrected chi connectivity index (χ1v) is 4.53. The lowest BCUT2D eigenvalue weighted by atomic mass is 9.84. The average Bonchev–Trinajstić information content (AvgIpc) is 1.98. The van der Waals surface area contributed by atoms with Crippen LogP contribution in [0.1, 0.15) is 26.2 Å². The quantitative estimate of drug-likeness (QED) is 0.704. The highest BCUT2D eigenvalue weighted by Gasteiger charge is 2.31. The third kappa shape index (κ3) is 1.99. The highest BCUT2D eigenvalue weighted by Crippen LogP contribution is 2.28. The second kappa shape index (κ2) is 3.77. The van der Waals surface area contributed by atoms with Crippen LogP contribution in [0.15, 0.2) is 0 Å². The third-order valence-electron chi connectivity index (χ3n) is 2.74. The van der Waals surface area contributed by atoms with Gasteiger partial charge in [-0.05, 0) is 19.8 Å². The van der Waals surface area contributed by atoms with E-state index >= 15 is 0 Å². The van der Waals surface area contributed by atoms with E-state index in [1.165, 1.54) is 11.8 Å². The fourth-order valence-electron chi connectivity index (χ4n) is 1.30. The number of carbonyl (C=O) groups excluding carboxylic acids is 1. The maximum atomic E-state index is 11.5. The fourth-order valence-corrected chi connectivity index (χ4v) is 1.30. The number of hydrogen-bond acceptors (Lipinski definition) is 2. The summed E-state index contributed by atoms with van der Waals surface area (Å²) >= 11 is 0. The van der Waals surface area contributed by atoms with Gasteiger partial charge in [-0.1, -0.05) is 6.42 Å². The Morgan fingerprint density at radius 1 is 1.46 bits per heavy atom. The number of hydrogen-bond donors (Lipinski definition) is 1. The summed E-state index contributed by atoms with van der Waals surface area (Å²) < 4.78 is 0. The van der Waals surface area contributed by atoms with E-state index in [1.807, 2.05) is 0 Å². The van der Waals surface area contributed by atoms with Gasteiger partial charge in [0.1, 0.15) is 6.04 Å². The lowest BCUT2D eigenvalue weighted by Gasteiger charge is -2.31. The van der Waals surface area contributed by atoms with Crippen molar-refractivity contribution in [3.63, 3.8) is 0 Å². The summed E-state index contributed by atoms with van der Waals surface area (Å²) in [6, 6.07) is -0.715. The molecule has 0 radical (unpaired) electrons. The van der Waals surface area contributed by atoms with Gasteiger partial charge in [-0.3, -0.25) is 4.79 Å². The molecule has 0 spiro atoms. The van der Waals surface area contributed by atoms with E-state index in [2.05, 4.69) is 0 Å². The van der Waals surface area contributed by atoms with Crippen molar-refractivity contribution >= 4 is 11.9 Å². The van der Waals surface area contributed by atoms with E-state index in [9.17, 15) is 9.59 Å². The van der Waals surface area contributed by atoms with Gasteiger partial charge in [0.05, 0.1) is 0 Å². The maximum absolute atomic E-state index is 11.5. The Morgan fingerprint density at radius 3 is 2.31 bits per heavy atom. The van der Waals surface area contributed by atoms with Gasteiger partial charge >= 0.3 is 5.97 Å². The van der Waals surface area contributed by atoms with Gasteiger partial charge in [0.2, 0.25) is 5.91 Å². The highest BCUT2D eigenvalue weighted by molar-refractivity contribution is 5.85. The van der Waals surface area contributed by atoms with Gasteiger partial charge in [-0.25, -0.2) is 4.79 Å². The largest absolute Gasteiger partial charge is 0.480 e. The van der Waals surface area contributed by atoms with Crippen molar-refractivity contribution in [2.45, 2.75) is 32.2 Å². The molecule has 0 aromatic carbocycles. The first kappa shape index (κ1) is 10.0. The molecule has 4 nitrogen and oxygen atoms in total. The van der Waals surface area contributed by atoms with Gasteiger partial charge in [-0.15, -0.1) is 0 Å². The summed E-state index contributed by atoms with van der Waals surface area (Å²) in [4.78, 5) is 23.4. The molecule has 0 bridgehead atoms. The molecule has 1 fully saturated rings. The van der Waals surface area contributed by atoms with Crippen LogP contribution in [0.4, 0.5) is 0 Å². The normalized spacial score (nSPS) is 18.9. The topological polar surface area (TPSA) is 57.6 Å². The average molecular weight is 185 g/mol. The predicted octanol–water partition coefficient (Wildman–Crippen LogP) is 0.718. The fraction of sp³-hybridized carbons (Fsp3) is 0.778. The zero-order valence-electron chi connectivity index (χ0n) is 7.99. The van der Waals surface area contributed by atoms with E-state index in [0.29, 0.717) is 0 Å². The van der Waals surface area contributed by atoms with E-state index in [1.54, 1.807) is 7.05 Å². The molecule has 1 saturated carbocycles. The SMILES string of the molecule is CC(C(=O)O)N(C)C(=O)C1CCC1. The Labute approximate surface area is 77.5 Å². The number of nitrogens with zero attached hydrogens (tertiary/aromatic N) is 1. The Morgan fingerprint density at radius 2 is 2.00 bits per heavy atom. The highest BCUT2D eigenvalue weighted by atomic mass is 16.4. The molecule has 0 heterocycles. The van der Waals surface area contributed by atoms with E-state index in [4.69, 9.17) is 5.11 Å². The van der Waals surface area contributed by atoms with Crippen LogP contribution in [-0.4, -0.2) is 35.0 Å². The van der Waals surface area contributed by atoms with Crippen molar-refractivity contribution < 1.29 is 14.7 Å². The van der Waals surface area contributed by atoms with Crippen molar-refractivity contribution in [2.75, 3.05) is 7.05 Å². The Balaban J connectivity index is 2.50. The maximum Gasteiger partial charge on any atom is 0.326 e.